The fraction of sp³-hybridized carbons (Fsp3) is 0.636. The molecule has 1 aromatic heterocycles. The minimum atomic E-state index is 0.667. The highest BCUT2D eigenvalue weighted by Gasteiger charge is 2.16. The first-order chi connectivity index (χ1) is 8.20. The van der Waals surface area contributed by atoms with Crippen LogP contribution in [0.2, 0.25) is 0 Å². The van der Waals surface area contributed by atoms with Crippen LogP contribution in [0.4, 0.5) is 11.8 Å². The predicted octanol–water partition coefficient (Wildman–Crippen LogP) is 1.42. The van der Waals surface area contributed by atoms with Gasteiger partial charge in [-0.3, -0.25) is 0 Å². The molecule has 0 radical (unpaired) electrons. The lowest BCUT2D eigenvalue weighted by atomic mass is 10.4. The number of hydrogen-bond donors (Lipinski definition) is 1. The molecule has 6 heteroatoms. The Morgan fingerprint density at radius 2 is 2.12 bits per heavy atom. The Morgan fingerprint density at radius 3 is 2.88 bits per heavy atom. The second kappa shape index (κ2) is 5.64. The van der Waals surface area contributed by atoms with Gasteiger partial charge in [-0.1, -0.05) is 0 Å². The molecule has 0 aromatic carbocycles. The van der Waals surface area contributed by atoms with E-state index in [2.05, 4.69) is 48.1 Å². The zero-order chi connectivity index (χ0) is 12.3. The minimum absolute atomic E-state index is 0.667. The van der Waals surface area contributed by atoms with Crippen molar-refractivity contribution >= 4 is 27.7 Å². The maximum Gasteiger partial charge on any atom is 0.224 e. The molecule has 1 aliphatic rings. The largest absolute Gasteiger partial charge is 0.357 e. The number of anilines is 2. The predicted molar refractivity (Wildman–Crippen MR) is 73.6 cm³/mol. The third-order valence-corrected chi connectivity index (χ3v) is 3.53. The lowest BCUT2D eigenvalue weighted by molar-refractivity contribution is 0.360. The molecule has 17 heavy (non-hydrogen) atoms. The fourth-order valence-electron chi connectivity index (χ4n) is 1.96. The van der Waals surface area contributed by atoms with Crippen LogP contribution in [0.1, 0.15) is 6.42 Å². The van der Waals surface area contributed by atoms with Crippen molar-refractivity contribution in [3.05, 3.63) is 10.7 Å². The summed E-state index contributed by atoms with van der Waals surface area (Å²) in [7, 11) is 4.00. The SMILES string of the molecule is CNc1ncc(Br)c(N2CCCN(C)CC2)n1. The second-order valence-corrected chi connectivity index (χ2v) is 5.11. The fourth-order valence-corrected chi connectivity index (χ4v) is 2.40. The number of hydrogen-bond acceptors (Lipinski definition) is 5. The Morgan fingerprint density at radius 1 is 1.29 bits per heavy atom. The highest BCUT2D eigenvalue weighted by atomic mass is 79.9. The molecule has 0 saturated carbocycles. The van der Waals surface area contributed by atoms with E-state index in [0.717, 1.165) is 36.5 Å². The molecule has 0 spiro atoms. The topological polar surface area (TPSA) is 44.3 Å². The first-order valence-corrected chi connectivity index (χ1v) is 6.64. The molecule has 1 aliphatic heterocycles. The minimum Gasteiger partial charge on any atom is -0.357 e. The first-order valence-electron chi connectivity index (χ1n) is 5.84. The van der Waals surface area contributed by atoms with E-state index in [4.69, 9.17) is 0 Å². The molecule has 0 amide bonds. The zero-order valence-electron chi connectivity index (χ0n) is 10.3. The van der Waals surface area contributed by atoms with E-state index in [1.165, 1.54) is 6.42 Å². The molecule has 0 aliphatic carbocycles. The lowest BCUT2D eigenvalue weighted by Gasteiger charge is -2.22. The van der Waals surface area contributed by atoms with Crippen molar-refractivity contribution in [2.24, 2.45) is 0 Å². The van der Waals surface area contributed by atoms with Crippen LogP contribution in [0.25, 0.3) is 0 Å². The summed E-state index contributed by atoms with van der Waals surface area (Å²) in [5, 5.41) is 2.98. The number of rotatable bonds is 2. The molecule has 0 bridgehead atoms. The summed E-state index contributed by atoms with van der Waals surface area (Å²) < 4.78 is 0.959. The Hall–Kier alpha value is -0.880. The van der Waals surface area contributed by atoms with E-state index < -0.39 is 0 Å². The smallest absolute Gasteiger partial charge is 0.224 e. The molecular formula is C11H18BrN5. The zero-order valence-corrected chi connectivity index (χ0v) is 11.9. The van der Waals surface area contributed by atoms with Crippen molar-refractivity contribution in [3.63, 3.8) is 0 Å². The van der Waals surface area contributed by atoms with E-state index in [0.29, 0.717) is 5.95 Å². The number of nitrogens with zero attached hydrogens (tertiary/aromatic N) is 4. The third kappa shape index (κ3) is 3.07. The van der Waals surface area contributed by atoms with Crippen molar-refractivity contribution in [3.8, 4) is 0 Å². The summed E-state index contributed by atoms with van der Waals surface area (Å²) in [4.78, 5) is 13.4. The molecular weight excluding hydrogens is 282 g/mol. The third-order valence-electron chi connectivity index (χ3n) is 2.97. The van der Waals surface area contributed by atoms with Gasteiger partial charge in [-0.05, 0) is 35.9 Å². The highest BCUT2D eigenvalue weighted by molar-refractivity contribution is 9.10. The molecule has 0 atom stereocenters. The van der Waals surface area contributed by atoms with Gasteiger partial charge in [-0.15, -0.1) is 0 Å². The summed E-state index contributed by atoms with van der Waals surface area (Å²) in [5.41, 5.74) is 0. The Kier molecular flexibility index (Phi) is 4.17. The Balaban J connectivity index is 2.20. The van der Waals surface area contributed by atoms with E-state index >= 15 is 0 Å². The average molecular weight is 300 g/mol. The van der Waals surface area contributed by atoms with Crippen LogP contribution in [0.5, 0.6) is 0 Å². The Labute approximate surface area is 110 Å². The van der Waals surface area contributed by atoms with Crippen molar-refractivity contribution in [1.29, 1.82) is 0 Å². The van der Waals surface area contributed by atoms with E-state index in [1.807, 2.05) is 13.2 Å². The van der Waals surface area contributed by atoms with Crippen LogP contribution >= 0.6 is 15.9 Å². The van der Waals surface area contributed by atoms with Crippen LogP contribution in [0.3, 0.4) is 0 Å². The van der Waals surface area contributed by atoms with Crippen molar-refractivity contribution in [1.82, 2.24) is 14.9 Å². The van der Waals surface area contributed by atoms with E-state index in [-0.39, 0.29) is 0 Å². The highest BCUT2D eigenvalue weighted by Crippen LogP contribution is 2.25. The molecule has 94 valence electrons. The molecule has 2 rings (SSSR count). The number of halogens is 1. The summed E-state index contributed by atoms with van der Waals surface area (Å²) in [6.07, 6.45) is 2.98. The summed E-state index contributed by atoms with van der Waals surface area (Å²) in [6, 6.07) is 0. The maximum absolute atomic E-state index is 4.52. The molecule has 1 N–H and O–H groups in total. The number of aromatic nitrogens is 2. The maximum atomic E-state index is 4.52. The second-order valence-electron chi connectivity index (χ2n) is 4.26. The summed E-state index contributed by atoms with van der Waals surface area (Å²) in [5.74, 6) is 1.65. The van der Waals surface area contributed by atoms with Crippen molar-refractivity contribution < 1.29 is 0 Å². The molecule has 1 fully saturated rings. The van der Waals surface area contributed by atoms with Gasteiger partial charge in [0.05, 0.1) is 4.47 Å². The van der Waals surface area contributed by atoms with Crippen molar-refractivity contribution in [2.75, 3.05) is 50.5 Å². The standard InChI is InChI=1S/C11H18BrN5/c1-13-11-14-8-9(12)10(15-11)17-5-3-4-16(2)6-7-17/h8H,3-7H2,1-2H3,(H,13,14,15). The van der Waals surface area contributed by atoms with Gasteiger partial charge in [0.1, 0.15) is 5.82 Å². The Bertz CT molecular complexity index is 384. The number of likely N-dealkylation sites (N-methyl/N-ethyl adjacent to an activating group) is 1. The van der Waals surface area contributed by atoms with Gasteiger partial charge in [0, 0.05) is 32.9 Å². The van der Waals surface area contributed by atoms with Crippen molar-refractivity contribution in [2.45, 2.75) is 6.42 Å². The summed E-state index contributed by atoms with van der Waals surface area (Å²) in [6.45, 7) is 4.28. The van der Waals surface area contributed by atoms with Crippen LogP contribution in [0, 0.1) is 0 Å². The monoisotopic (exact) mass is 299 g/mol. The van der Waals surface area contributed by atoms with Gasteiger partial charge in [-0.2, -0.15) is 4.98 Å². The normalized spacial score (nSPS) is 17.9. The van der Waals surface area contributed by atoms with Gasteiger partial charge < -0.3 is 15.1 Å². The van der Waals surface area contributed by atoms with Crippen LogP contribution < -0.4 is 10.2 Å². The van der Waals surface area contributed by atoms with Gasteiger partial charge in [0.15, 0.2) is 0 Å². The quantitative estimate of drug-likeness (QED) is 0.895. The van der Waals surface area contributed by atoms with Crippen LogP contribution in [-0.4, -0.2) is 55.1 Å². The summed E-state index contributed by atoms with van der Waals surface area (Å²) >= 11 is 3.53. The van der Waals surface area contributed by atoms with Crippen LogP contribution in [-0.2, 0) is 0 Å². The van der Waals surface area contributed by atoms with E-state index in [1.54, 1.807) is 0 Å². The van der Waals surface area contributed by atoms with Crippen LogP contribution in [0.15, 0.2) is 10.7 Å². The van der Waals surface area contributed by atoms with Gasteiger partial charge in [0.25, 0.3) is 0 Å². The van der Waals surface area contributed by atoms with E-state index in [9.17, 15) is 0 Å². The average Bonchev–Trinajstić information content (AvgIpc) is 2.55. The lowest BCUT2D eigenvalue weighted by Crippen LogP contribution is -2.29. The van der Waals surface area contributed by atoms with Gasteiger partial charge in [-0.25, -0.2) is 4.98 Å². The molecule has 0 unspecified atom stereocenters. The first kappa shape index (κ1) is 12.6. The molecule has 2 heterocycles. The number of nitrogens with one attached hydrogen (secondary N) is 1. The molecule has 1 saturated heterocycles. The molecule has 1 aromatic rings. The van der Waals surface area contributed by atoms with Gasteiger partial charge in [0.2, 0.25) is 5.95 Å². The molecule has 5 nitrogen and oxygen atoms in total. The van der Waals surface area contributed by atoms with Gasteiger partial charge >= 0.3 is 0 Å².